The molecule has 0 aliphatic carbocycles. The highest BCUT2D eigenvalue weighted by Crippen LogP contribution is 2.35. The van der Waals surface area contributed by atoms with Gasteiger partial charge in [-0.25, -0.2) is 13.4 Å². The van der Waals surface area contributed by atoms with Crippen molar-refractivity contribution in [1.82, 2.24) is 13.9 Å². The lowest BCUT2D eigenvalue weighted by Crippen LogP contribution is -2.42. The molecule has 0 spiro atoms. The largest absolute Gasteiger partial charge is 0.345 e. The standard InChI is InChI=1S/C21H24ClN3O2S2/c1-14-6-4-5-11-25(14)29(26,27)20-12-19(24(3)15(20)2)21-23-18(13-28-21)16-7-9-17(22)10-8-16/h7-10,12-14H,4-6,11H2,1-3H3. The first-order valence-electron chi connectivity index (χ1n) is 9.69. The van der Waals surface area contributed by atoms with Crippen LogP contribution >= 0.6 is 22.9 Å². The predicted molar refractivity (Wildman–Crippen MR) is 119 cm³/mol. The van der Waals surface area contributed by atoms with Crippen LogP contribution in [0, 0.1) is 6.92 Å². The van der Waals surface area contributed by atoms with Crippen LogP contribution in [0.4, 0.5) is 0 Å². The van der Waals surface area contributed by atoms with Crippen LogP contribution in [0.1, 0.15) is 31.9 Å². The van der Waals surface area contributed by atoms with E-state index in [0.717, 1.165) is 46.9 Å². The highest BCUT2D eigenvalue weighted by Gasteiger charge is 2.34. The smallest absolute Gasteiger partial charge is 0.245 e. The Morgan fingerprint density at radius 2 is 1.93 bits per heavy atom. The second kappa shape index (κ2) is 7.87. The summed E-state index contributed by atoms with van der Waals surface area (Å²) in [6.07, 6.45) is 2.91. The zero-order valence-electron chi connectivity index (χ0n) is 16.7. The first-order chi connectivity index (χ1) is 13.8. The third-order valence-electron chi connectivity index (χ3n) is 5.68. The number of aromatic nitrogens is 2. The van der Waals surface area contributed by atoms with E-state index in [1.807, 2.05) is 55.1 Å². The Morgan fingerprint density at radius 1 is 1.21 bits per heavy atom. The summed E-state index contributed by atoms with van der Waals surface area (Å²) in [4.78, 5) is 5.13. The van der Waals surface area contributed by atoms with E-state index in [0.29, 0.717) is 16.5 Å². The lowest BCUT2D eigenvalue weighted by Gasteiger charge is -2.32. The van der Waals surface area contributed by atoms with Gasteiger partial charge in [0, 0.05) is 41.3 Å². The van der Waals surface area contributed by atoms with E-state index in [4.69, 9.17) is 16.6 Å². The molecule has 29 heavy (non-hydrogen) atoms. The lowest BCUT2D eigenvalue weighted by molar-refractivity contribution is 0.268. The van der Waals surface area contributed by atoms with Crippen molar-refractivity contribution < 1.29 is 8.42 Å². The van der Waals surface area contributed by atoms with Crippen molar-refractivity contribution in [3.63, 3.8) is 0 Å². The van der Waals surface area contributed by atoms with E-state index in [1.165, 1.54) is 11.3 Å². The quantitative estimate of drug-likeness (QED) is 0.540. The van der Waals surface area contributed by atoms with Gasteiger partial charge in [0.2, 0.25) is 10.0 Å². The van der Waals surface area contributed by atoms with E-state index in [2.05, 4.69) is 0 Å². The molecule has 0 amide bonds. The summed E-state index contributed by atoms with van der Waals surface area (Å²) in [5, 5.41) is 3.47. The molecule has 0 N–H and O–H groups in total. The van der Waals surface area contributed by atoms with Crippen molar-refractivity contribution in [3.8, 4) is 22.0 Å². The van der Waals surface area contributed by atoms with Gasteiger partial charge in [0.25, 0.3) is 0 Å². The zero-order chi connectivity index (χ0) is 20.8. The van der Waals surface area contributed by atoms with Crippen molar-refractivity contribution in [2.45, 2.75) is 44.0 Å². The summed E-state index contributed by atoms with van der Waals surface area (Å²) in [5.41, 5.74) is 3.39. The van der Waals surface area contributed by atoms with Gasteiger partial charge in [0.15, 0.2) is 0 Å². The van der Waals surface area contributed by atoms with Crippen LogP contribution in [0.2, 0.25) is 5.02 Å². The maximum absolute atomic E-state index is 13.4. The lowest BCUT2D eigenvalue weighted by atomic mass is 10.1. The number of sulfonamides is 1. The maximum Gasteiger partial charge on any atom is 0.245 e. The van der Waals surface area contributed by atoms with E-state index < -0.39 is 10.0 Å². The Morgan fingerprint density at radius 3 is 2.62 bits per heavy atom. The van der Waals surface area contributed by atoms with E-state index in [9.17, 15) is 8.42 Å². The maximum atomic E-state index is 13.4. The molecule has 1 fully saturated rings. The first-order valence-corrected chi connectivity index (χ1v) is 12.4. The van der Waals surface area contributed by atoms with Gasteiger partial charge in [-0.15, -0.1) is 11.3 Å². The third kappa shape index (κ3) is 3.77. The van der Waals surface area contributed by atoms with Gasteiger partial charge in [-0.2, -0.15) is 4.31 Å². The number of piperidine rings is 1. The minimum atomic E-state index is -3.53. The molecule has 0 bridgehead atoms. The normalized spacial score (nSPS) is 18.3. The minimum Gasteiger partial charge on any atom is -0.345 e. The topological polar surface area (TPSA) is 55.2 Å². The summed E-state index contributed by atoms with van der Waals surface area (Å²) in [6, 6.07) is 9.36. The number of nitrogens with zero attached hydrogens (tertiary/aromatic N) is 3. The fourth-order valence-corrected chi connectivity index (χ4v) is 6.82. The number of rotatable bonds is 4. The highest BCUT2D eigenvalue weighted by atomic mass is 35.5. The number of halogens is 1. The van der Waals surface area contributed by atoms with Crippen LogP contribution in [-0.4, -0.2) is 34.9 Å². The van der Waals surface area contributed by atoms with Gasteiger partial charge in [0.1, 0.15) is 9.90 Å². The molecule has 4 rings (SSSR count). The molecule has 0 saturated carbocycles. The molecule has 0 radical (unpaired) electrons. The number of hydrogen-bond donors (Lipinski definition) is 0. The molecule has 154 valence electrons. The molecule has 1 atom stereocenters. The monoisotopic (exact) mass is 449 g/mol. The van der Waals surface area contributed by atoms with Crippen LogP contribution in [0.5, 0.6) is 0 Å². The predicted octanol–water partition coefficient (Wildman–Crippen LogP) is 5.34. The van der Waals surface area contributed by atoms with Crippen molar-refractivity contribution in [1.29, 1.82) is 0 Å². The Labute approximate surface area is 181 Å². The summed E-state index contributed by atoms with van der Waals surface area (Å²) >= 11 is 7.49. The van der Waals surface area contributed by atoms with E-state index >= 15 is 0 Å². The summed E-state index contributed by atoms with van der Waals surface area (Å²) < 4.78 is 30.3. The van der Waals surface area contributed by atoms with Gasteiger partial charge in [-0.1, -0.05) is 30.2 Å². The molecule has 1 aliphatic rings. The van der Waals surface area contributed by atoms with E-state index in [1.54, 1.807) is 10.4 Å². The number of thiazole rings is 1. The molecule has 1 saturated heterocycles. The van der Waals surface area contributed by atoms with Crippen LogP contribution in [0.25, 0.3) is 22.0 Å². The Hall–Kier alpha value is -1.67. The van der Waals surface area contributed by atoms with Crippen LogP contribution in [-0.2, 0) is 17.1 Å². The molecular formula is C21H24ClN3O2S2. The highest BCUT2D eigenvalue weighted by molar-refractivity contribution is 7.89. The molecule has 1 aromatic carbocycles. The average molecular weight is 450 g/mol. The van der Waals surface area contributed by atoms with Crippen molar-refractivity contribution in [2.75, 3.05) is 6.54 Å². The van der Waals surface area contributed by atoms with Crippen LogP contribution < -0.4 is 0 Å². The fourth-order valence-electron chi connectivity index (χ4n) is 3.84. The molecular weight excluding hydrogens is 426 g/mol. The molecule has 3 aromatic rings. The summed E-state index contributed by atoms with van der Waals surface area (Å²) in [6.45, 7) is 4.44. The summed E-state index contributed by atoms with van der Waals surface area (Å²) in [5.74, 6) is 0. The number of hydrogen-bond acceptors (Lipinski definition) is 4. The van der Waals surface area contributed by atoms with E-state index in [-0.39, 0.29) is 6.04 Å². The third-order valence-corrected chi connectivity index (χ3v) is 8.93. The first kappa shape index (κ1) is 20.6. The van der Waals surface area contributed by atoms with Crippen LogP contribution in [0.3, 0.4) is 0 Å². The Balaban J connectivity index is 1.71. The Bertz CT molecular complexity index is 1130. The van der Waals surface area contributed by atoms with Crippen LogP contribution in [0.15, 0.2) is 40.6 Å². The second-order valence-corrected chi connectivity index (χ2v) is 10.7. The van der Waals surface area contributed by atoms with Gasteiger partial charge < -0.3 is 4.57 Å². The second-order valence-electron chi connectivity index (χ2n) is 7.54. The molecule has 5 nitrogen and oxygen atoms in total. The van der Waals surface area contributed by atoms with Gasteiger partial charge in [-0.05, 0) is 44.9 Å². The fraction of sp³-hybridized carbons (Fsp3) is 0.381. The van der Waals surface area contributed by atoms with Gasteiger partial charge >= 0.3 is 0 Å². The summed E-state index contributed by atoms with van der Waals surface area (Å²) in [7, 11) is -1.63. The molecule has 8 heteroatoms. The van der Waals surface area contributed by atoms with Crippen molar-refractivity contribution >= 4 is 33.0 Å². The molecule has 1 aliphatic heterocycles. The van der Waals surface area contributed by atoms with Gasteiger partial charge in [-0.3, -0.25) is 0 Å². The van der Waals surface area contributed by atoms with Gasteiger partial charge in [0.05, 0.1) is 11.4 Å². The minimum absolute atomic E-state index is 0.0353. The SMILES string of the molecule is Cc1c(S(=O)(=O)N2CCCCC2C)cc(-c2nc(-c3ccc(Cl)cc3)cs2)n1C. The van der Waals surface area contributed by atoms with Crippen molar-refractivity contribution in [2.24, 2.45) is 7.05 Å². The molecule has 3 heterocycles. The average Bonchev–Trinajstić information content (AvgIpc) is 3.28. The number of benzene rings is 1. The molecule has 2 aromatic heterocycles. The Kier molecular flexibility index (Phi) is 5.59. The molecule has 1 unspecified atom stereocenters. The zero-order valence-corrected chi connectivity index (χ0v) is 19.1. The van der Waals surface area contributed by atoms with Crippen molar-refractivity contribution in [3.05, 3.63) is 46.4 Å².